The lowest BCUT2D eigenvalue weighted by atomic mass is 10.1. The molecule has 0 aromatic heterocycles. The Morgan fingerprint density at radius 2 is 1.44 bits per heavy atom. The van der Waals surface area contributed by atoms with Crippen molar-refractivity contribution in [3.63, 3.8) is 0 Å². The summed E-state index contributed by atoms with van der Waals surface area (Å²) in [5.74, 6) is -1.02. The van der Waals surface area contributed by atoms with Gasteiger partial charge in [-0.15, -0.1) is 0 Å². The molecule has 0 spiro atoms. The van der Waals surface area contributed by atoms with Gasteiger partial charge in [-0.3, -0.25) is 9.52 Å². The maximum absolute atomic E-state index is 13.7. The highest BCUT2D eigenvalue weighted by molar-refractivity contribution is 7.92. The van der Waals surface area contributed by atoms with E-state index in [1.165, 1.54) is 42.5 Å². The molecule has 0 aliphatic rings. The van der Waals surface area contributed by atoms with E-state index in [4.69, 9.17) is 0 Å². The average molecular weight is 384 g/mol. The third-order valence-corrected chi connectivity index (χ3v) is 5.32. The lowest BCUT2D eigenvalue weighted by Gasteiger charge is -2.10. The maximum atomic E-state index is 13.7. The number of hydrogen-bond donors (Lipinski definition) is 2. The molecular formula is C20H17FN2O3S. The number of amides is 1. The summed E-state index contributed by atoms with van der Waals surface area (Å²) < 4.78 is 40.6. The van der Waals surface area contributed by atoms with Crippen LogP contribution in [-0.4, -0.2) is 14.3 Å². The Morgan fingerprint density at radius 1 is 0.852 bits per heavy atom. The number of carbonyl (C=O) groups is 1. The number of aryl methyl sites for hydroxylation is 1. The molecule has 0 radical (unpaired) electrons. The van der Waals surface area contributed by atoms with E-state index in [0.717, 1.165) is 11.6 Å². The van der Waals surface area contributed by atoms with Crippen LogP contribution in [-0.2, 0) is 10.0 Å². The van der Waals surface area contributed by atoms with E-state index in [1.807, 2.05) is 25.1 Å². The second-order valence-corrected chi connectivity index (χ2v) is 7.56. The molecule has 0 fully saturated rings. The molecule has 138 valence electrons. The van der Waals surface area contributed by atoms with Gasteiger partial charge in [0.2, 0.25) is 0 Å². The second kappa shape index (κ2) is 7.59. The zero-order chi connectivity index (χ0) is 19.4. The Labute approximate surface area is 156 Å². The molecule has 0 bridgehead atoms. The van der Waals surface area contributed by atoms with Crippen molar-refractivity contribution in [1.82, 2.24) is 0 Å². The van der Waals surface area contributed by atoms with Crippen molar-refractivity contribution in [3.8, 4) is 0 Å². The van der Waals surface area contributed by atoms with Crippen LogP contribution in [0.1, 0.15) is 15.9 Å². The van der Waals surface area contributed by atoms with Gasteiger partial charge in [-0.05, 0) is 55.0 Å². The van der Waals surface area contributed by atoms with Crippen LogP contribution >= 0.6 is 0 Å². The number of benzene rings is 3. The van der Waals surface area contributed by atoms with Gasteiger partial charge in [0.1, 0.15) is 5.82 Å². The minimum atomic E-state index is -3.97. The quantitative estimate of drug-likeness (QED) is 0.693. The van der Waals surface area contributed by atoms with Crippen LogP contribution in [0.15, 0.2) is 77.7 Å². The summed E-state index contributed by atoms with van der Waals surface area (Å²) >= 11 is 0. The largest absolute Gasteiger partial charge is 0.322 e. The molecule has 0 aliphatic carbocycles. The topological polar surface area (TPSA) is 75.3 Å². The van der Waals surface area contributed by atoms with Crippen LogP contribution in [0, 0.1) is 12.7 Å². The zero-order valence-corrected chi connectivity index (χ0v) is 15.3. The number of sulfonamides is 1. The van der Waals surface area contributed by atoms with Crippen molar-refractivity contribution in [2.45, 2.75) is 11.8 Å². The number of nitrogens with one attached hydrogen (secondary N) is 2. The Kier molecular flexibility index (Phi) is 5.23. The van der Waals surface area contributed by atoms with Crippen LogP contribution < -0.4 is 10.0 Å². The molecular weight excluding hydrogens is 367 g/mol. The lowest BCUT2D eigenvalue weighted by molar-refractivity contribution is 0.102. The fourth-order valence-electron chi connectivity index (χ4n) is 2.44. The fraction of sp³-hybridized carbons (Fsp3) is 0.0500. The predicted octanol–water partition coefficient (Wildman–Crippen LogP) is 4.19. The Hall–Kier alpha value is -3.19. The maximum Gasteiger partial charge on any atom is 0.261 e. The van der Waals surface area contributed by atoms with Crippen molar-refractivity contribution < 1.29 is 17.6 Å². The summed E-state index contributed by atoms with van der Waals surface area (Å²) in [5, 5.41) is 2.78. The van der Waals surface area contributed by atoms with E-state index in [2.05, 4.69) is 10.0 Å². The Bertz CT molecular complexity index is 1080. The van der Waals surface area contributed by atoms with Crippen LogP contribution in [0.3, 0.4) is 0 Å². The molecule has 7 heteroatoms. The van der Waals surface area contributed by atoms with E-state index < -0.39 is 15.8 Å². The van der Waals surface area contributed by atoms with Crippen LogP contribution in [0.25, 0.3) is 0 Å². The summed E-state index contributed by atoms with van der Waals surface area (Å²) in [5.41, 5.74) is 1.77. The third-order valence-electron chi connectivity index (χ3n) is 3.94. The van der Waals surface area contributed by atoms with Gasteiger partial charge >= 0.3 is 0 Å². The smallest absolute Gasteiger partial charge is 0.261 e. The van der Waals surface area contributed by atoms with Crippen LogP contribution in [0.4, 0.5) is 15.8 Å². The summed E-state index contributed by atoms with van der Waals surface area (Å²) in [6.07, 6.45) is 0. The van der Waals surface area contributed by atoms with E-state index in [-0.39, 0.29) is 16.5 Å². The first kappa shape index (κ1) is 18.6. The monoisotopic (exact) mass is 384 g/mol. The number of anilines is 2. The van der Waals surface area contributed by atoms with Gasteiger partial charge < -0.3 is 5.32 Å². The van der Waals surface area contributed by atoms with Crippen LogP contribution in [0.5, 0.6) is 0 Å². The summed E-state index contributed by atoms with van der Waals surface area (Å²) in [7, 11) is -3.97. The standard InChI is InChI=1S/C20H17FN2O3S/c1-14-6-2-4-8-18(14)22-20(24)15-10-12-16(13-11-15)27(25,26)23-19-9-5-3-7-17(19)21/h2-13,23H,1H3,(H,22,24). The molecule has 0 aliphatic heterocycles. The van der Waals surface area contributed by atoms with E-state index in [1.54, 1.807) is 6.07 Å². The van der Waals surface area contributed by atoms with Crippen molar-refractivity contribution in [2.24, 2.45) is 0 Å². The number of rotatable bonds is 5. The number of hydrogen-bond acceptors (Lipinski definition) is 3. The summed E-state index contributed by atoms with van der Waals surface area (Å²) in [6, 6.07) is 18.2. The fourth-order valence-corrected chi connectivity index (χ4v) is 3.51. The predicted molar refractivity (Wildman–Crippen MR) is 103 cm³/mol. The van der Waals surface area contributed by atoms with Gasteiger partial charge in [-0.25, -0.2) is 12.8 Å². The summed E-state index contributed by atoms with van der Waals surface area (Å²) in [4.78, 5) is 12.3. The van der Waals surface area contributed by atoms with E-state index >= 15 is 0 Å². The molecule has 27 heavy (non-hydrogen) atoms. The molecule has 3 aromatic rings. The minimum absolute atomic E-state index is 0.0711. The highest BCUT2D eigenvalue weighted by Gasteiger charge is 2.17. The lowest BCUT2D eigenvalue weighted by Crippen LogP contribution is -2.15. The van der Waals surface area contributed by atoms with E-state index in [9.17, 15) is 17.6 Å². The Morgan fingerprint density at radius 3 is 2.07 bits per heavy atom. The number of halogens is 1. The van der Waals surface area contributed by atoms with Gasteiger partial charge in [-0.1, -0.05) is 30.3 Å². The first-order chi connectivity index (χ1) is 12.9. The molecule has 0 saturated carbocycles. The molecule has 5 nitrogen and oxygen atoms in total. The second-order valence-electron chi connectivity index (χ2n) is 5.88. The molecule has 1 amide bonds. The highest BCUT2D eigenvalue weighted by atomic mass is 32.2. The molecule has 2 N–H and O–H groups in total. The third kappa shape index (κ3) is 4.32. The van der Waals surface area contributed by atoms with Gasteiger partial charge in [0.05, 0.1) is 10.6 Å². The summed E-state index contributed by atoms with van der Waals surface area (Å²) in [6.45, 7) is 1.87. The average Bonchev–Trinajstić information content (AvgIpc) is 2.65. The van der Waals surface area contributed by atoms with Crippen molar-refractivity contribution in [1.29, 1.82) is 0 Å². The minimum Gasteiger partial charge on any atom is -0.322 e. The van der Waals surface area contributed by atoms with Crippen molar-refractivity contribution >= 4 is 27.3 Å². The molecule has 0 saturated heterocycles. The first-order valence-corrected chi connectivity index (χ1v) is 9.59. The molecule has 0 atom stereocenters. The zero-order valence-electron chi connectivity index (χ0n) is 14.4. The van der Waals surface area contributed by atoms with Gasteiger partial charge in [0.15, 0.2) is 0 Å². The number of carbonyl (C=O) groups excluding carboxylic acids is 1. The number of para-hydroxylation sites is 2. The van der Waals surface area contributed by atoms with Gasteiger partial charge in [0, 0.05) is 11.3 Å². The molecule has 0 unspecified atom stereocenters. The van der Waals surface area contributed by atoms with Gasteiger partial charge in [0.25, 0.3) is 15.9 Å². The van der Waals surface area contributed by atoms with Gasteiger partial charge in [-0.2, -0.15) is 0 Å². The highest BCUT2D eigenvalue weighted by Crippen LogP contribution is 2.20. The normalized spacial score (nSPS) is 11.0. The SMILES string of the molecule is Cc1ccccc1NC(=O)c1ccc(S(=O)(=O)Nc2ccccc2F)cc1. The van der Waals surface area contributed by atoms with Crippen molar-refractivity contribution in [3.05, 3.63) is 89.7 Å². The molecule has 3 rings (SSSR count). The Balaban J connectivity index is 1.77. The first-order valence-electron chi connectivity index (χ1n) is 8.11. The van der Waals surface area contributed by atoms with Crippen LogP contribution in [0.2, 0.25) is 0 Å². The van der Waals surface area contributed by atoms with E-state index in [0.29, 0.717) is 11.3 Å². The van der Waals surface area contributed by atoms with Crippen molar-refractivity contribution in [2.75, 3.05) is 10.0 Å². The molecule has 3 aromatic carbocycles. The molecule has 0 heterocycles.